The zero-order valence-electron chi connectivity index (χ0n) is 6.16. The van der Waals surface area contributed by atoms with Crippen LogP contribution in [0.2, 0.25) is 0 Å². The van der Waals surface area contributed by atoms with Crippen LogP contribution in [0.3, 0.4) is 0 Å². The predicted molar refractivity (Wildman–Crippen MR) is 49.7 cm³/mol. The third-order valence-corrected chi connectivity index (χ3v) is 2.54. The SMILES string of the molecule is O=C(CCl)Sc1ccccc1O. The van der Waals surface area contributed by atoms with Gasteiger partial charge in [-0.25, -0.2) is 0 Å². The summed E-state index contributed by atoms with van der Waals surface area (Å²) in [4.78, 5) is 11.4. The Bertz CT molecular complexity index is 288. The molecule has 1 N–H and O–H groups in total. The van der Waals surface area contributed by atoms with Crippen molar-refractivity contribution in [2.75, 3.05) is 5.88 Å². The largest absolute Gasteiger partial charge is 0.507 e. The van der Waals surface area contributed by atoms with Gasteiger partial charge in [0.2, 0.25) is 5.12 Å². The normalized spacial score (nSPS) is 9.75. The number of phenols is 1. The number of benzene rings is 1. The van der Waals surface area contributed by atoms with Crippen LogP contribution in [-0.4, -0.2) is 16.1 Å². The van der Waals surface area contributed by atoms with Gasteiger partial charge in [-0.2, -0.15) is 0 Å². The second-order valence-electron chi connectivity index (χ2n) is 2.08. The van der Waals surface area contributed by atoms with Crippen molar-refractivity contribution in [3.8, 4) is 5.75 Å². The summed E-state index contributed by atoms with van der Waals surface area (Å²) in [5.74, 6) is 0.0693. The minimum absolute atomic E-state index is 0.0427. The molecule has 64 valence electrons. The number of rotatable bonds is 2. The van der Waals surface area contributed by atoms with Crippen LogP contribution < -0.4 is 0 Å². The van der Waals surface area contributed by atoms with E-state index in [-0.39, 0.29) is 16.7 Å². The molecule has 0 saturated heterocycles. The highest BCUT2D eigenvalue weighted by Gasteiger charge is 2.05. The maximum Gasteiger partial charge on any atom is 0.208 e. The first-order valence-corrected chi connectivity index (χ1v) is 4.64. The molecular weight excluding hydrogens is 196 g/mol. The van der Waals surface area contributed by atoms with Gasteiger partial charge in [0.15, 0.2) is 0 Å². The molecule has 0 aliphatic rings. The van der Waals surface area contributed by atoms with Crippen LogP contribution in [0, 0.1) is 0 Å². The van der Waals surface area contributed by atoms with E-state index < -0.39 is 0 Å². The fraction of sp³-hybridized carbons (Fsp3) is 0.125. The summed E-state index contributed by atoms with van der Waals surface area (Å²) in [6, 6.07) is 6.66. The number of thioether (sulfide) groups is 1. The number of carbonyl (C=O) groups is 1. The monoisotopic (exact) mass is 202 g/mol. The summed E-state index contributed by atoms with van der Waals surface area (Å²) in [6.45, 7) is 0. The van der Waals surface area contributed by atoms with Gasteiger partial charge < -0.3 is 5.11 Å². The summed E-state index contributed by atoms with van der Waals surface area (Å²) < 4.78 is 0. The molecule has 0 atom stereocenters. The Morgan fingerprint density at radius 2 is 2.17 bits per heavy atom. The summed E-state index contributed by atoms with van der Waals surface area (Å²) >= 11 is 6.25. The second-order valence-corrected chi connectivity index (χ2v) is 3.44. The number of alkyl halides is 1. The van der Waals surface area contributed by atoms with E-state index in [1.54, 1.807) is 18.2 Å². The fourth-order valence-electron chi connectivity index (χ4n) is 0.693. The van der Waals surface area contributed by atoms with E-state index in [1.165, 1.54) is 6.07 Å². The van der Waals surface area contributed by atoms with E-state index >= 15 is 0 Å². The molecule has 4 heteroatoms. The zero-order chi connectivity index (χ0) is 8.97. The molecule has 1 rings (SSSR count). The molecule has 0 spiro atoms. The van der Waals surface area contributed by atoms with Crippen molar-refractivity contribution in [3.63, 3.8) is 0 Å². The number of aromatic hydroxyl groups is 1. The van der Waals surface area contributed by atoms with E-state index in [4.69, 9.17) is 11.6 Å². The Labute approximate surface area is 79.5 Å². The van der Waals surface area contributed by atoms with Gasteiger partial charge in [0.1, 0.15) is 5.75 Å². The third-order valence-electron chi connectivity index (χ3n) is 1.20. The Morgan fingerprint density at radius 1 is 1.50 bits per heavy atom. The number of halogens is 1. The molecule has 0 amide bonds. The Hall–Kier alpha value is -0.670. The van der Waals surface area contributed by atoms with Crippen molar-refractivity contribution in [1.82, 2.24) is 0 Å². The molecule has 0 saturated carbocycles. The van der Waals surface area contributed by atoms with Crippen LogP contribution in [0.4, 0.5) is 0 Å². The van der Waals surface area contributed by atoms with E-state index in [0.717, 1.165) is 11.8 Å². The third kappa shape index (κ3) is 2.43. The van der Waals surface area contributed by atoms with E-state index in [0.29, 0.717) is 4.90 Å². The van der Waals surface area contributed by atoms with E-state index in [2.05, 4.69) is 0 Å². The Morgan fingerprint density at radius 3 is 2.75 bits per heavy atom. The van der Waals surface area contributed by atoms with Gasteiger partial charge in [-0.3, -0.25) is 4.79 Å². The van der Waals surface area contributed by atoms with Crippen molar-refractivity contribution in [2.45, 2.75) is 4.90 Å². The van der Waals surface area contributed by atoms with Crippen LogP contribution in [-0.2, 0) is 4.79 Å². The summed E-state index contributed by atoms with van der Waals surface area (Å²) in [7, 11) is 0. The summed E-state index contributed by atoms with van der Waals surface area (Å²) in [5, 5.41) is 9.07. The lowest BCUT2D eigenvalue weighted by Crippen LogP contribution is -1.91. The van der Waals surface area contributed by atoms with E-state index in [9.17, 15) is 9.90 Å². The highest BCUT2D eigenvalue weighted by atomic mass is 35.5. The van der Waals surface area contributed by atoms with Crippen molar-refractivity contribution < 1.29 is 9.90 Å². The first-order chi connectivity index (χ1) is 5.74. The second kappa shape index (κ2) is 4.38. The smallest absolute Gasteiger partial charge is 0.208 e. The standard InChI is InChI=1S/C8H7ClO2S/c9-5-8(11)12-7-4-2-1-3-6(7)10/h1-4,10H,5H2. The van der Waals surface area contributed by atoms with Crippen LogP contribution in [0.15, 0.2) is 29.2 Å². The lowest BCUT2D eigenvalue weighted by atomic mass is 10.3. The van der Waals surface area contributed by atoms with Crippen molar-refractivity contribution in [3.05, 3.63) is 24.3 Å². The molecule has 12 heavy (non-hydrogen) atoms. The van der Waals surface area contributed by atoms with Gasteiger partial charge in [0, 0.05) is 0 Å². The maximum atomic E-state index is 10.9. The summed E-state index contributed by atoms with van der Waals surface area (Å²) in [6.07, 6.45) is 0. The highest BCUT2D eigenvalue weighted by Crippen LogP contribution is 2.28. The lowest BCUT2D eigenvalue weighted by molar-refractivity contribution is -0.108. The Balaban J connectivity index is 2.75. The lowest BCUT2D eigenvalue weighted by Gasteiger charge is -1.99. The molecule has 2 nitrogen and oxygen atoms in total. The molecule has 0 aliphatic heterocycles. The van der Waals surface area contributed by atoms with Gasteiger partial charge in [-0.1, -0.05) is 12.1 Å². The molecule has 1 aromatic carbocycles. The molecular formula is C8H7ClO2S. The van der Waals surface area contributed by atoms with Crippen molar-refractivity contribution in [2.24, 2.45) is 0 Å². The predicted octanol–water partition coefficient (Wildman–Crippen LogP) is 2.25. The summed E-state index contributed by atoms with van der Waals surface area (Å²) in [5.41, 5.74) is 0. The van der Waals surface area contributed by atoms with Crippen LogP contribution in [0.25, 0.3) is 0 Å². The van der Waals surface area contributed by atoms with Crippen LogP contribution >= 0.6 is 23.4 Å². The molecule has 0 bridgehead atoms. The molecule has 0 aromatic heterocycles. The first kappa shape index (κ1) is 9.42. The average Bonchev–Trinajstić information content (AvgIpc) is 2.09. The fourth-order valence-corrected chi connectivity index (χ4v) is 1.48. The average molecular weight is 203 g/mol. The van der Waals surface area contributed by atoms with Crippen LogP contribution in [0.1, 0.15) is 0 Å². The topological polar surface area (TPSA) is 37.3 Å². The number of para-hydroxylation sites is 1. The quantitative estimate of drug-likeness (QED) is 0.591. The number of hydrogen-bond acceptors (Lipinski definition) is 3. The highest BCUT2D eigenvalue weighted by molar-refractivity contribution is 8.14. The van der Waals surface area contributed by atoms with Gasteiger partial charge in [-0.15, -0.1) is 11.6 Å². The molecule has 0 radical (unpaired) electrons. The van der Waals surface area contributed by atoms with Crippen molar-refractivity contribution >= 4 is 28.5 Å². The number of hydrogen-bond donors (Lipinski definition) is 1. The molecule has 0 unspecified atom stereocenters. The minimum Gasteiger partial charge on any atom is -0.507 e. The number of carbonyl (C=O) groups excluding carboxylic acids is 1. The van der Waals surface area contributed by atoms with Gasteiger partial charge in [0.05, 0.1) is 10.8 Å². The first-order valence-electron chi connectivity index (χ1n) is 3.28. The van der Waals surface area contributed by atoms with Crippen LogP contribution in [0.5, 0.6) is 5.75 Å². The number of phenolic OH excluding ortho intramolecular Hbond substituents is 1. The zero-order valence-corrected chi connectivity index (χ0v) is 7.73. The van der Waals surface area contributed by atoms with Gasteiger partial charge in [0.25, 0.3) is 0 Å². The minimum atomic E-state index is -0.168. The van der Waals surface area contributed by atoms with Gasteiger partial charge in [-0.05, 0) is 23.9 Å². The molecule has 0 aliphatic carbocycles. The maximum absolute atomic E-state index is 10.9. The Kier molecular flexibility index (Phi) is 3.44. The molecule has 0 fully saturated rings. The van der Waals surface area contributed by atoms with Gasteiger partial charge >= 0.3 is 0 Å². The molecule has 0 heterocycles. The van der Waals surface area contributed by atoms with E-state index in [1.807, 2.05) is 0 Å². The van der Waals surface area contributed by atoms with Crippen molar-refractivity contribution in [1.29, 1.82) is 0 Å². The molecule has 1 aromatic rings.